The molecule has 7 nitrogen and oxygen atoms in total. The quantitative estimate of drug-likeness (QED) is 0.785. The highest BCUT2D eigenvalue weighted by Crippen LogP contribution is 2.27. The van der Waals surface area contributed by atoms with E-state index in [1.165, 1.54) is 0 Å². The van der Waals surface area contributed by atoms with E-state index in [2.05, 4.69) is 39.3 Å². The molecule has 2 rings (SSSR count). The van der Waals surface area contributed by atoms with E-state index in [0.717, 1.165) is 18.1 Å². The van der Waals surface area contributed by atoms with Gasteiger partial charge < -0.3 is 20.3 Å². The molecule has 0 aliphatic carbocycles. The number of anilines is 2. The number of amides is 1. The molecule has 1 aliphatic heterocycles. The summed E-state index contributed by atoms with van der Waals surface area (Å²) in [6.45, 7) is 10.4. The van der Waals surface area contributed by atoms with Crippen LogP contribution in [-0.4, -0.2) is 55.3 Å². The number of carbonyl (C=O) groups is 1. The number of nitrogens with zero attached hydrogens (tertiary/aromatic N) is 3. The monoisotopic (exact) mass is 335 g/mol. The number of carbonyl (C=O) groups excluding carboxylic acids is 1. The lowest BCUT2D eigenvalue weighted by atomic mass is 9.91. The van der Waals surface area contributed by atoms with Crippen molar-refractivity contribution in [2.75, 3.05) is 43.6 Å². The average molecular weight is 335 g/mol. The van der Waals surface area contributed by atoms with Crippen LogP contribution in [0.4, 0.5) is 11.8 Å². The zero-order chi connectivity index (χ0) is 17.7. The second-order valence-corrected chi connectivity index (χ2v) is 6.57. The summed E-state index contributed by atoms with van der Waals surface area (Å²) in [7, 11) is 1.85. The van der Waals surface area contributed by atoms with Gasteiger partial charge in [-0.05, 0) is 19.8 Å². The Morgan fingerprint density at radius 1 is 1.42 bits per heavy atom. The van der Waals surface area contributed by atoms with Crippen molar-refractivity contribution in [1.82, 2.24) is 15.3 Å². The van der Waals surface area contributed by atoms with Crippen LogP contribution in [0.15, 0.2) is 6.07 Å². The molecule has 0 spiro atoms. The zero-order valence-corrected chi connectivity index (χ0v) is 15.3. The summed E-state index contributed by atoms with van der Waals surface area (Å²) >= 11 is 0. The van der Waals surface area contributed by atoms with E-state index >= 15 is 0 Å². The fraction of sp³-hybridized carbons (Fsp3) is 0.706. The van der Waals surface area contributed by atoms with Crippen LogP contribution in [0.1, 0.15) is 26.5 Å². The second-order valence-electron chi connectivity index (χ2n) is 6.57. The van der Waals surface area contributed by atoms with Crippen molar-refractivity contribution in [2.24, 2.45) is 11.8 Å². The van der Waals surface area contributed by atoms with E-state index in [1.54, 1.807) is 0 Å². The maximum atomic E-state index is 12.0. The van der Waals surface area contributed by atoms with Crippen LogP contribution in [0.3, 0.4) is 0 Å². The Bertz CT molecular complexity index is 564. The van der Waals surface area contributed by atoms with E-state index in [4.69, 9.17) is 4.74 Å². The molecule has 134 valence electrons. The lowest BCUT2D eigenvalue weighted by Gasteiger charge is -2.22. The number of nitrogens with one attached hydrogen (secondary N) is 2. The Balaban J connectivity index is 2.11. The summed E-state index contributed by atoms with van der Waals surface area (Å²) < 4.78 is 5.20. The number of rotatable bonds is 7. The first-order valence-corrected chi connectivity index (χ1v) is 8.60. The Morgan fingerprint density at radius 3 is 2.79 bits per heavy atom. The van der Waals surface area contributed by atoms with Gasteiger partial charge in [-0.2, -0.15) is 4.98 Å². The van der Waals surface area contributed by atoms with Crippen LogP contribution in [0.25, 0.3) is 0 Å². The average Bonchev–Trinajstić information content (AvgIpc) is 2.96. The highest BCUT2D eigenvalue weighted by molar-refractivity contribution is 5.77. The Labute approximate surface area is 144 Å². The van der Waals surface area contributed by atoms with E-state index in [-0.39, 0.29) is 18.6 Å². The van der Waals surface area contributed by atoms with Gasteiger partial charge in [-0.25, -0.2) is 4.98 Å². The molecule has 0 radical (unpaired) electrons. The Morgan fingerprint density at radius 2 is 2.17 bits per heavy atom. The molecule has 0 bridgehead atoms. The zero-order valence-electron chi connectivity index (χ0n) is 15.3. The third-order valence-electron chi connectivity index (χ3n) is 4.39. The van der Waals surface area contributed by atoms with Crippen molar-refractivity contribution in [2.45, 2.75) is 33.7 Å². The van der Waals surface area contributed by atoms with Gasteiger partial charge in [-0.15, -0.1) is 0 Å². The smallest absolute Gasteiger partial charge is 0.246 e. The van der Waals surface area contributed by atoms with Crippen molar-refractivity contribution in [3.05, 3.63) is 11.8 Å². The SMILES string of the molecule is CCOCC(=O)N[C@H]1CN(c2nc(C)cc(NC)n2)C[C@@H]1C(C)C. The van der Waals surface area contributed by atoms with Crippen LogP contribution in [0.5, 0.6) is 0 Å². The van der Waals surface area contributed by atoms with Gasteiger partial charge in [0.1, 0.15) is 12.4 Å². The third-order valence-corrected chi connectivity index (χ3v) is 4.39. The molecule has 1 aromatic heterocycles. The molecule has 1 aliphatic rings. The van der Waals surface area contributed by atoms with Gasteiger partial charge in [0.2, 0.25) is 11.9 Å². The summed E-state index contributed by atoms with van der Waals surface area (Å²) in [4.78, 5) is 23.3. The highest BCUT2D eigenvalue weighted by atomic mass is 16.5. The standard InChI is InChI=1S/C17H29N5O2/c1-6-24-10-16(23)20-14-9-22(8-13(14)11(2)3)17-19-12(4)7-15(18-5)21-17/h7,11,13-14H,6,8-10H2,1-5H3,(H,20,23)(H,18,19,21)/t13-,14+/m1/s1. The summed E-state index contributed by atoms with van der Waals surface area (Å²) in [6, 6.07) is 2.00. The van der Waals surface area contributed by atoms with Crippen LogP contribution < -0.4 is 15.5 Å². The van der Waals surface area contributed by atoms with Crippen molar-refractivity contribution in [3.8, 4) is 0 Å². The fourth-order valence-corrected chi connectivity index (χ4v) is 3.09. The molecule has 24 heavy (non-hydrogen) atoms. The number of aromatic nitrogens is 2. The van der Waals surface area contributed by atoms with Crippen molar-refractivity contribution in [3.63, 3.8) is 0 Å². The van der Waals surface area contributed by atoms with Crippen molar-refractivity contribution < 1.29 is 9.53 Å². The first-order valence-electron chi connectivity index (χ1n) is 8.60. The first kappa shape index (κ1) is 18.4. The predicted octanol–water partition coefficient (Wildman–Crippen LogP) is 1.44. The summed E-state index contributed by atoms with van der Waals surface area (Å²) in [5.74, 6) is 2.28. The first-order chi connectivity index (χ1) is 11.4. The molecule has 2 N–H and O–H groups in total. The minimum absolute atomic E-state index is 0.0598. The highest BCUT2D eigenvalue weighted by Gasteiger charge is 2.36. The van der Waals surface area contributed by atoms with Gasteiger partial charge in [0.25, 0.3) is 0 Å². The summed E-state index contributed by atoms with van der Waals surface area (Å²) in [5.41, 5.74) is 0.925. The molecule has 2 atom stereocenters. The number of aryl methyl sites for hydroxylation is 1. The largest absolute Gasteiger partial charge is 0.373 e. The minimum Gasteiger partial charge on any atom is -0.373 e. The lowest BCUT2D eigenvalue weighted by Crippen LogP contribution is -2.43. The fourth-order valence-electron chi connectivity index (χ4n) is 3.09. The molecule has 2 heterocycles. The molecule has 0 aromatic carbocycles. The summed E-state index contributed by atoms with van der Waals surface area (Å²) in [5, 5.41) is 6.18. The topological polar surface area (TPSA) is 79.4 Å². The van der Waals surface area contributed by atoms with E-state index in [1.807, 2.05) is 27.0 Å². The van der Waals surface area contributed by atoms with Gasteiger partial charge >= 0.3 is 0 Å². The van der Waals surface area contributed by atoms with Crippen LogP contribution in [0.2, 0.25) is 0 Å². The molecule has 0 unspecified atom stereocenters. The molecular weight excluding hydrogens is 306 g/mol. The minimum atomic E-state index is -0.0598. The van der Waals surface area contributed by atoms with Crippen LogP contribution in [0, 0.1) is 18.8 Å². The number of ether oxygens (including phenoxy) is 1. The van der Waals surface area contributed by atoms with Gasteiger partial charge in [0.15, 0.2) is 0 Å². The maximum absolute atomic E-state index is 12.0. The molecule has 0 saturated carbocycles. The van der Waals surface area contributed by atoms with Crippen LogP contribution >= 0.6 is 0 Å². The molecule has 1 saturated heterocycles. The molecule has 7 heteroatoms. The normalized spacial score (nSPS) is 20.5. The van der Waals surface area contributed by atoms with Crippen LogP contribution in [-0.2, 0) is 9.53 Å². The van der Waals surface area contributed by atoms with E-state index in [0.29, 0.717) is 30.9 Å². The Kier molecular flexibility index (Phi) is 6.36. The van der Waals surface area contributed by atoms with E-state index in [9.17, 15) is 4.79 Å². The third kappa shape index (κ3) is 4.56. The number of hydrogen-bond acceptors (Lipinski definition) is 6. The predicted molar refractivity (Wildman–Crippen MR) is 95.3 cm³/mol. The summed E-state index contributed by atoms with van der Waals surface area (Å²) in [6.07, 6.45) is 0. The van der Waals surface area contributed by atoms with Gasteiger partial charge in [0, 0.05) is 44.4 Å². The second kappa shape index (κ2) is 8.28. The van der Waals surface area contributed by atoms with Crippen molar-refractivity contribution in [1.29, 1.82) is 0 Å². The van der Waals surface area contributed by atoms with Crippen molar-refractivity contribution >= 4 is 17.7 Å². The Hall–Kier alpha value is -1.89. The molecule has 1 amide bonds. The lowest BCUT2D eigenvalue weighted by molar-refractivity contribution is -0.126. The van der Waals surface area contributed by atoms with Gasteiger partial charge in [0.05, 0.1) is 6.04 Å². The molecular formula is C17H29N5O2. The molecule has 1 fully saturated rings. The number of hydrogen-bond donors (Lipinski definition) is 2. The van der Waals surface area contributed by atoms with E-state index < -0.39 is 0 Å². The van der Waals surface area contributed by atoms with Gasteiger partial charge in [-0.1, -0.05) is 13.8 Å². The van der Waals surface area contributed by atoms with Gasteiger partial charge in [-0.3, -0.25) is 4.79 Å². The molecule has 1 aromatic rings. The maximum Gasteiger partial charge on any atom is 0.246 e.